The van der Waals surface area contributed by atoms with Crippen LogP contribution in [-0.4, -0.2) is 55.6 Å². The van der Waals surface area contributed by atoms with Crippen molar-refractivity contribution in [3.05, 3.63) is 22.1 Å². The second-order valence-corrected chi connectivity index (χ2v) is 2.12. The van der Waals surface area contributed by atoms with Gasteiger partial charge in [-0.15, -0.1) is 0 Å². The molecule has 0 spiro atoms. The minimum atomic E-state index is -1.83. The number of hydrogen-bond acceptors (Lipinski definition) is 1. The second kappa shape index (κ2) is 19.2. The maximum absolute atomic E-state index is 8.56. The molecule has 0 aliphatic rings. The number of carbonyl (C=O) groups is 1. The van der Waals surface area contributed by atoms with E-state index in [0.717, 1.165) is 13.1 Å². The molecule has 0 aromatic heterocycles. The first kappa shape index (κ1) is 20.1. The summed E-state index contributed by atoms with van der Waals surface area (Å²) in [6.07, 6.45) is -1.83. The first-order valence-corrected chi connectivity index (χ1v) is 4.12. The van der Waals surface area contributed by atoms with Crippen LogP contribution in [0.15, 0.2) is 0 Å². The zero-order valence-electron chi connectivity index (χ0n) is 8.27. The Labute approximate surface area is 99.8 Å². The summed E-state index contributed by atoms with van der Waals surface area (Å²) in [7, 11) is 0. The van der Waals surface area contributed by atoms with Crippen LogP contribution in [0.2, 0.25) is 0 Å². The summed E-state index contributed by atoms with van der Waals surface area (Å²) in [5.74, 6) is 0. The van der Waals surface area contributed by atoms with Gasteiger partial charge in [-0.3, -0.25) is 0 Å². The molecule has 15 heavy (non-hydrogen) atoms. The predicted octanol–water partition coefficient (Wildman–Crippen LogP) is 2.06. The van der Waals surface area contributed by atoms with Crippen molar-refractivity contribution in [3.63, 3.8) is 0 Å². The first-order valence-electron chi connectivity index (χ1n) is 4.12. The van der Waals surface area contributed by atoms with Crippen molar-refractivity contribution in [2.75, 3.05) is 39.3 Å². The second-order valence-electron chi connectivity index (χ2n) is 2.12. The Balaban J connectivity index is -0.000000249. The van der Waals surface area contributed by atoms with Crippen molar-refractivity contribution in [2.45, 2.75) is 0 Å². The largest absolute Gasteiger partial charge is 0.679 e. The van der Waals surface area contributed by atoms with Crippen molar-refractivity contribution in [1.29, 1.82) is 0 Å². The topological polar surface area (TPSA) is 133 Å². The van der Waals surface area contributed by atoms with E-state index in [2.05, 4.69) is 10.6 Å². The van der Waals surface area contributed by atoms with E-state index in [4.69, 9.17) is 26.5 Å². The summed E-state index contributed by atoms with van der Waals surface area (Å²) in [6, 6.07) is 0. The van der Waals surface area contributed by atoms with Gasteiger partial charge >= 0.3 is 6.16 Å². The Morgan fingerprint density at radius 2 is 1.20 bits per heavy atom. The van der Waals surface area contributed by atoms with Crippen molar-refractivity contribution in [2.24, 2.45) is 0 Å². The molecule has 0 saturated heterocycles. The normalized spacial score (nSPS) is 8.40. The maximum atomic E-state index is 8.56. The van der Waals surface area contributed by atoms with Crippen molar-refractivity contribution in [1.82, 2.24) is 0 Å². The van der Waals surface area contributed by atoms with E-state index in [-0.39, 0.29) is 16.8 Å². The smallest absolute Gasteiger partial charge is 0.503 e. The third-order valence-electron chi connectivity index (χ3n) is 0.956. The van der Waals surface area contributed by atoms with Crippen LogP contribution in [0, 0.1) is 0 Å². The fourth-order valence-electron chi connectivity index (χ4n) is 0.523. The summed E-state index contributed by atoms with van der Waals surface area (Å²) in [4.78, 5) is 8.56. The van der Waals surface area contributed by atoms with Gasteiger partial charge in [0.15, 0.2) is 0 Å². The van der Waals surface area contributed by atoms with Crippen molar-refractivity contribution >= 4 is 6.16 Å². The molecule has 0 aromatic rings. The van der Waals surface area contributed by atoms with Gasteiger partial charge in [-0.25, -0.2) is 4.79 Å². The van der Waals surface area contributed by atoms with Crippen LogP contribution in [-0.2, 0) is 16.8 Å². The monoisotopic (exact) mass is 263 g/mol. The molecule has 0 saturated carbocycles. The minimum absolute atomic E-state index is 0. The summed E-state index contributed by atoms with van der Waals surface area (Å²) in [5, 5.41) is 22.0. The molecule has 0 amide bonds. The molecule has 4 N–H and O–H groups in total. The Morgan fingerprint density at radius 1 is 0.933 bits per heavy atom. The van der Waals surface area contributed by atoms with E-state index in [1.807, 2.05) is 0 Å². The summed E-state index contributed by atoms with van der Waals surface area (Å²) in [6.45, 7) is 3.43. The molecule has 8 heteroatoms. The van der Waals surface area contributed by atoms with Crippen LogP contribution in [0.3, 0.4) is 0 Å². The average Bonchev–Trinajstić information content (AvgIpc) is 2.10. The molecule has 0 aliphatic heterocycles. The minimum Gasteiger partial charge on any atom is -0.679 e. The Kier molecular flexibility index (Phi) is 25.7. The molecular formula is C7H16CoN4O3-4. The van der Waals surface area contributed by atoms with E-state index in [0.29, 0.717) is 26.2 Å². The number of carboxylic acid groups (broad SMARTS) is 2. The van der Waals surface area contributed by atoms with Crippen molar-refractivity contribution in [3.8, 4) is 0 Å². The van der Waals surface area contributed by atoms with Crippen LogP contribution in [0.4, 0.5) is 4.79 Å². The maximum Gasteiger partial charge on any atom is 0.503 e. The Hall–Kier alpha value is -0.384. The van der Waals surface area contributed by atoms with Crippen molar-refractivity contribution < 1.29 is 31.8 Å². The van der Waals surface area contributed by atoms with E-state index < -0.39 is 6.16 Å². The third-order valence-corrected chi connectivity index (χ3v) is 0.956. The number of nitrogens with zero attached hydrogens (tertiary/aromatic N) is 2. The van der Waals surface area contributed by atoms with Crippen LogP contribution in [0.5, 0.6) is 0 Å². The fraction of sp³-hybridized carbons (Fsp3) is 0.857. The zero-order valence-corrected chi connectivity index (χ0v) is 9.31. The standard InChI is InChI=1S/C6H14N4.CH2O3.Co/c7-1-3-9-5-6-10-4-2-8;2-1(3)4;/h7-8H,1-6H2;(H2,2,3,4);/q-4;;. The van der Waals surface area contributed by atoms with E-state index in [1.165, 1.54) is 0 Å². The first-order chi connectivity index (χ1) is 6.65. The number of rotatable bonds is 7. The summed E-state index contributed by atoms with van der Waals surface area (Å²) >= 11 is 0. The quantitative estimate of drug-likeness (QED) is 0.680. The van der Waals surface area contributed by atoms with E-state index >= 15 is 0 Å². The van der Waals surface area contributed by atoms with Crippen LogP contribution in [0.25, 0.3) is 22.1 Å². The van der Waals surface area contributed by atoms with Gasteiger partial charge in [-0.05, 0) is 0 Å². The van der Waals surface area contributed by atoms with Gasteiger partial charge in [0.05, 0.1) is 0 Å². The number of hydrogen-bond donors (Lipinski definition) is 2. The summed E-state index contributed by atoms with van der Waals surface area (Å²) in [5.41, 5.74) is 13.5. The van der Waals surface area contributed by atoms with Gasteiger partial charge in [-0.1, -0.05) is 0 Å². The Morgan fingerprint density at radius 3 is 1.40 bits per heavy atom. The van der Waals surface area contributed by atoms with E-state index in [9.17, 15) is 0 Å². The number of nitrogens with one attached hydrogen (secondary N) is 2. The van der Waals surface area contributed by atoms with Gasteiger partial charge in [0.2, 0.25) is 0 Å². The zero-order chi connectivity index (χ0) is 11.2. The summed E-state index contributed by atoms with van der Waals surface area (Å²) < 4.78 is 0. The molecule has 0 rings (SSSR count). The molecule has 0 unspecified atom stereocenters. The molecule has 95 valence electrons. The van der Waals surface area contributed by atoms with Crippen LogP contribution < -0.4 is 0 Å². The molecule has 0 atom stereocenters. The molecule has 0 heterocycles. The van der Waals surface area contributed by atoms with Gasteiger partial charge < -0.3 is 32.3 Å². The molecule has 1 radical (unpaired) electrons. The molecule has 0 fully saturated rings. The predicted molar refractivity (Wildman–Crippen MR) is 55.2 cm³/mol. The third kappa shape index (κ3) is 42.0. The Bertz CT molecular complexity index is 117. The van der Waals surface area contributed by atoms with Gasteiger partial charge in [-0.2, -0.15) is 39.3 Å². The van der Waals surface area contributed by atoms with Gasteiger partial charge in [0.1, 0.15) is 0 Å². The van der Waals surface area contributed by atoms with Gasteiger partial charge in [0, 0.05) is 16.8 Å². The molecule has 7 nitrogen and oxygen atoms in total. The molecular weight excluding hydrogens is 247 g/mol. The molecule has 0 aliphatic carbocycles. The SMILES string of the molecule is O=C(O)O.[Co].[NH-]CC[N-]CC[N-]CC[NH-]. The van der Waals surface area contributed by atoms with E-state index in [1.54, 1.807) is 0 Å². The van der Waals surface area contributed by atoms with Crippen LogP contribution >= 0.6 is 0 Å². The molecule has 0 aromatic carbocycles. The van der Waals surface area contributed by atoms with Crippen LogP contribution in [0.1, 0.15) is 0 Å². The van der Waals surface area contributed by atoms with Gasteiger partial charge in [0.25, 0.3) is 0 Å². The average molecular weight is 263 g/mol. The molecule has 0 bridgehead atoms. The fourth-order valence-corrected chi connectivity index (χ4v) is 0.523.